The number of carbonyl (C=O) groups is 2. The lowest BCUT2D eigenvalue weighted by molar-refractivity contribution is 0.0961. The SMILES string of the molecule is CCC(=O)c1c(-c2ccc(F)cc2)oc2ccc(-c3cc(C(=O)CC4(c5nc(COC)no5)CC4)ccc3C)cc12. The van der Waals surface area contributed by atoms with Crippen LogP contribution in [0.4, 0.5) is 4.39 Å². The quantitative estimate of drug-likeness (QED) is 0.164. The first-order valence-electron chi connectivity index (χ1n) is 13.6. The minimum absolute atomic E-state index is 0.0000709. The van der Waals surface area contributed by atoms with E-state index in [1.54, 1.807) is 26.2 Å². The molecule has 5 aromatic rings. The van der Waals surface area contributed by atoms with Gasteiger partial charge in [-0.2, -0.15) is 4.98 Å². The number of furan rings is 1. The molecular weight excluding hydrogens is 523 g/mol. The highest BCUT2D eigenvalue weighted by atomic mass is 19.1. The van der Waals surface area contributed by atoms with Crippen LogP contribution in [-0.2, 0) is 16.8 Å². The number of aryl methyl sites for hydroxylation is 1. The Balaban J connectivity index is 1.35. The van der Waals surface area contributed by atoms with Crippen molar-refractivity contribution in [2.75, 3.05) is 7.11 Å². The largest absolute Gasteiger partial charge is 0.455 e. The number of hydrogen-bond donors (Lipinski definition) is 0. The Morgan fingerprint density at radius 3 is 2.46 bits per heavy atom. The summed E-state index contributed by atoms with van der Waals surface area (Å²) in [6.45, 7) is 4.05. The molecule has 3 aromatic carbocycles. The number of nitrogens with zero attached hydrogens (tertiary/aromatic N) is 2. The highest BCUT2D eigenvalue weighted by Crippen LogP contribution is 2.51. The molecule has 0 radical (unpaired) electrons. The van der Waals surface area contributed by atoms with Crippen LogP contribution in [0.3, 0.4) is 0 Å². The first kappa shape index (κ1) is 26.8. The van der Waals surface area contributed by atoms with Crippen LogP contribution in [0, 0.1) is 12.7 Å². The smallest absolute Gasteiger partial charge is 0.233 e. The van der Waals surface area contributed by atoms with Crippen LogP contribution < -0.4 is 0 Å². The second-order valence-electron chi connectivity index (χ2n) is 10.7. The topological polar surface area (TPSA) is 95.4 Å². The highest BCUT2D eigenvalue weighted by molar-refractivity contribution is 6.12. The van der Waals surface area contributed by atoms with Crippen LogP contribution in [0.1, 0.15) is 70.6 Å². The van der Waals surface area contributed by atoms with E-state index < -0.39 is 5.41 Å². The fraction of sp³-hybridized carbons (Fsp3) is 0.273. The molecule has 1 aliphatic rings. The summed E-state index contributed by atoms with van der Waals surface area (Å²) in [7, 11) is 1.57. The molecule has 0 bridgehead atoms. The van der Waals surface area contributed by atoms with Gasteiger partial charge in [0.2, 0.25) is 5.89 Å². The minimum atomic E-state index is -0.428. The molecule has 1 saturated carbocycles. The molecule has 208 valence electrons. The summed E-state index contributed by atoms with van der Waals surface area (Å²) in [5.41, 5.74) is 4.59. The van der Waals surface area contributed by atoms with Crippen molar-refractivity contribution in [3.63, 3.8) is 0 Å². The Bertz CT molecular complexity index is 1780. The zero-order chi connectivity index (χ0) is 28.7. The van der Waals surface area contributed by atoms with E-state index in [-0.39, 0.29) is 30.4 Å². The summed E-state index contributed by atoms with van der Waals surface area (Å²) in [5.74, 6) is 0.957. The fourth-order valence-electron chi connectivity index (χ4n) is 5.31. The molecule has 6 rings (SSSR count). The van der Waals surface area contributed by atoms with Crippen molar-refractivity contribution in [1.82, 2.24) is 10.1 Å². The normalized spacial score (nSPS) is 14.0. The molecule has 2 aromatic heterocycles. The van der Waals surface area contributed by atoms with Crippen molar-refractivity contribution in [1.29, 1.82) is 0 Å². The predicted molar refractivity (Wildman–Crippen MR) is 151 cm³/mol. The van der Waals surface area contributed by atoms with Crippen molar-refractivity contribution in [2.24, 2.45) is 0 Å². The lowest BCUT2D eigenvalue weighted by Gasteiger charge is -2.12. The monoisotopic (exact) mass is 552 g/mol. The Labute approximate surface area is 236 Å². The van der Waals surface area contributed by atoms with Crippen LogP contribution >= 0.6 is 0 Å². The minimum Gasteiger partial charge on any atom is -0.455 e. The Morgan fingerprint density at radius 1 is 1.00 bits per heavy atom. The Hall–Kier alpha value is -4.43. The van der Waals surface area contributed by atoms with Gasteiger partial charge in [0.1, 0.15) is 23.8 Å². The van der Waals surface area contributed by atoms with E-state index in [1.807, 2.05) is 43.3 Å². The molecule has 2 heterocycles. The van der Waals surface area contributed by atoms with Gasteiger partial charge < -0.3 is 13.7 Å². The molecule has 0 atom stereocenters. The lowest BCUT2D eigenvalue weighted by atomic mass is 9.91. The number of ether oxygens (including phenoxy) is 1. The van der Waals surface area contributed by atoms with Gasteiger partial charge in [-0.25, -0.2) is 4.39 Å². The molecule has 0 unspecified atom stereocenters. The van der Waals surface area contributed by atoms with Gasteiger partial charge in [-0.05, 0) is 78.9 Å². The zero-order valence-electron chi connectivity index (χ0n) is 23.1. The molecule has 0 spiro atoms. The Morgan fingerprint density at radius 2 is 1.76 bits per heavy atom. The van der Waals surface area contributed by atoms with Crippen molar-refractivity contribution in [3.8, 4) is 22.5 Å². The molecule has 0 N–H and O–H groups in total. The third kappa shape index (κ3) is 5.00. The number of hydrogen-bond acceptors (Lipinski definition) is 7. The first-order chi connectivity index (χ1) is 19.8. The number of ketones is 2. The molecule has 1 aliphatic carbocycles. The third-order valence-corrected chi connectivity index (χ3v) is 7.81. The van der Waals surface area contributed by atoms with Crippen molar-refractivity contribution in [2.45, 2.75) is 51.6 Å². The van der Waals surface area contributed by atoms with Crippen LogP contribution in [0.25, 0.3) is 33.4 Å². The standard InChI is InChI=1S/C33H29FN2O5/c1-4-26(37)30-25-15-21(9-12-28(25)40-31(30)20-7-10-23(34)11-8-20)24-16-22(6-5-19(24)2)27(38)17-33(13-14-33)32-35-29(18-39-3)36-41-32/h5-12,15-16H,4,13-14,17-18H2,1-3H3. The molecular formula is C33H29FN2O5. The number of benzene rings is 3. The highest BCUT2D eigenvalue weighted by Gasteiger charge is 2.50. The van der Waals surface area contributed by atoms with Gasteiger partial charge in [0.25, 0.3) is 0 Å². The zero-order valence-corrected chi connectivity index (χ0v) is 23.1. The second-order valence-corrected chi connectivity index (χ2v) is 10.7. The van der Waals surface area contributed by atoms with Gasteiger partial charge in [-0.3, -0.25) is 9.59 Å². The summed E-state index contributed by atoms with van der Waals surface area (Å²) < 4.78 is 30.2. The third-order valence-electron chi connectivity index (χ3n) is 7.81. The van der Waals surface area contributed by atoms with Gasteiger partial charge in [0.05, 0.1) is 11.0 Å². The van der Waals surface area contributed by atoms with Gasteiger partial charge in [0, 0.05) is 36.5 Å². The van der Waals surface area contributed by atoms with Crippen molar-refractivity contribution in [3.05, 3.63) is 94.9 Å². The van der Waals surface area contributed by atoms with Crippen molar-refractivity contribution < 1.29 is 27.7 Å². The molecule has 0 aliphatic heterocycles. The van der Waals surface area contributed by atoms with Crippen LogP contribution in [0.15, 0.2) is 69.6 Å². The van der Waals surface area contributed by atoms with Gasteiger partial charge in [-0.15, -0.1) is 0 Å². The van der Waals surface area contributed by atoms with E-state index in [4.69, 9.17) is 13.7 Å². The van der Waals surface area contributed by atoms with Crippen LogP contribution in [-0.4, -0.2) is 28.8 Å². The van der Waals surface area contributed by atoms with E-state index in [2.05, 4.69) is 10.1 Å². The summed E-state index contributed by atoms with van der Waals surface area (Å²) >= 11 is 0. The van der Waals surface area contributed by atoms with Crippen molar-refractivity contribution >= 4 is 22.5 Å². The van der Waals surface area contributed by atoms with E-state index in [0.717, 1.165) is 29.5 Å². The summed E-state index contributed by atoms with van der Waals surface area (Å²) in [4.78, 5) is 31.0. The number of rotatable bonds is 10. The number of Topliss-reactive ketones (excluding diaryl/α,β-unsaturated/α-hetero) is 2. The van der Waals surface area contributed by atoms with Crippen LogP contribution in [0.2, 0.25) is 0 Å². The average molecular weight is 553 g/mol. The maximum absolute atomic E-state index is 13.6. The van der Waals surface area contributed by atoms with Gasteiger partial charge in [0.15, 0.2) is 17.4 Å². The summed E-state index contributed by atoms with van der Waals surface area (Å²) in [5, 5.41) is 4.65. The van der Waals surface area contributed by atoms with E-state index in [0.29, 0.717) is 51.6 Å². The fourth-order valence-corrected chi connectivity index (χ4v) is 5.31. The molecule has 41 heavy (non-hydrogen) atoms. The van der Waals surface area contributed by atoms with Gasteiger partial charge >= 0.3 is 0 Å². The summed E-state index contributed by atoms with van der Waals surface area (Å²) in [6, 6.07) is 17.3. The number of carbonyl (C=O) groups excluding carboxylic acids is 2. The van der Waals surface area contributed by atoms with Gasteiger partial charge in [-0.1, -0.05) is 30.3 Å². The Kier molecular flexibility index (Phi) is 6.87. The first-order valence-corrected chi connectivity index (χ1v) is 13.6. The predicted octanol–water partition coefficient (Wildman–Crippen LogP) is 7.64. The average Bonchev–Trinajstić information content (AvgIpc) is 3.42. The lowest BCUT2D eigenvalue weighted by Crippen LogP contribution is -2.14. The van der Waals surface area contributed by atoms with E-state index in [1.165, 1.54) is 12.1 Å². The molecule has 8 heteroatoms. The molecule has 0 amide bonds. The van der Waals surface area contributed by atoms with E-state index >= 15 is 0 Å². The van der Waals surface area contributed by atoms with Crippen LogP contribution in [0.5, 0.6) is 0 Å². The number of halogens is 1. The number of fused-ring (bicyclic) bond motifs is 1. The molecule has 7 nitrogen and oxygen atoms in total. The maximum Gasteiger partial charge on any atom is 0.233 e. The van der Waals surface area contributed by atoms with E-state index in [9.17, 15) is 14.0 Å². The second kappa shape index (κ2) is 10.5. The summed E-state index contributed by atoms with van der Waals surface area (Å²) in [6.07, 6.45) is 2.20. The maximum atomic E-state index is 13.6. The number of aromatic nitrogens is 2. The number of methoxy groups -OCH3 is 1. The molecule has 1 fully saturated rings. The molecule has 0 saturated heterocycles.